The van der Waals surface area contributed by atoms with Crippen LogP contribution in [0.3, 0.4) is 0 Å². The van der Waals surface area contributed by atoms with Gasteiger partial charge in [0.1, 0.15) is 0 Å². The summed E-state index contributed by atoms with van der Waals surface area (Å²) in [5, 5.41) is 35.4. The normalized spacial score (nSPS) is 24.4. The molecule has 0 aromatic carbocycles. The molecule has 11 heteroatoms. The number of carboxylic acids is 1. The highest BCUT2D eigenvalue weighted by atomic mass is 32.1. The Morgan fingerprint density at radius 3 is 2.48 bits per heavy atom. The summed E-state index contributed by atoms with van der Waals surface area (Å²) in [7, 11) is 2.02. The summed E-state index contributed by atoms with van der Waals surface area (Å²) in [5.74, 6) is -0.658. The number of likely N-dealkylation sites (N-methyl/N-ethyl adjacent to an activating group) is 1. The molecule has 0 unspecified atom stereocenters. The standard InChI is InChI=1S/C14H21N3O3S.2CH2O2/c1-16-5-2-3-14(12(19)20)4-6-17(7-11(14)16)13-15-10(8-18)9-21-13;2*2-1-3/h9,11,18H,2-8H2,1H3,(H,19,20);2*1H,(H,2,3)/t11-,14+;;/m1../s1. The van der Waals surface area contributed by atoms with E-state index in [0.717, 1.165) is 31.1 Å². The van der Waals surface area contributed by atoms with E-state index in [4.69, 9.17) is 24.9 Å². The molecule has 152 valence electrons. The molecule has 27 heavy (non-hydrogen) atoms. The van der Waals surface area contributed by atoms with Crippen LogP contribution in [0, 0.1) is 5.41 Å². The van der Waals surface area contributed by atoms with Gasteiger partial charge in [-0.25, -0.2) is 4.98 Å². The lowest BCUT2D eigenvalue weighted by atomic mass is 9.68. The van der Waals surface area contributed by atoms with Gasteiger partial charge in [0, 0.05) is 24.5 Å². The van der Waals surface area contributed by atoms with Gasteiger partial charge in [-0.15, -0.1) is 11.3 Å². The van der Waals surface area contributed by atoms with Gasteiger partial charge in [-0.1, -0.05) is 0 Å². The first kappa shape index (κ1) is 22.8. The van der Waals surface area contributed by atoms with Gasteiger partial charge in [0.25, 0.3) is 12.9 Å². The monoisotopic (exact) mass is 403 g/mol. The van der Waals surface area contributed by atoms with Gasteiger partial charge in [0.15, 0.2) is 5.13 Å². The van der Waals surface area contributed by atoms with Gasteiger partial charge in [-0.05, 0) is 32.9 Å². The molecule has 4 N–H and O–H groups in total. The molecule has 0 saturated carbocycles. The Balaban J connectivity index is 0.000000540. The number of aliphatic carboxylic acids is 1. The summed E-state index contributed by atoms with van der Waals surface area (Å²) in [6, 6.07) is 0.0268. The number of hydrogen-bond acceptors (Lipinski definition) is 8. The Bertz CT molecular complexity index is 621. The molecular formula is C16H25N3O7S. The number of piperidine rings is 2. The molecule has 0 aliphatic carbocycles. The van der Waals surface area contributed by atoms with E-state index in [-0.39, 0.29) is 25.6 Å². The number of aliphatic hydroxyl groups is 1. The molecule has 0 bridgehead atoms. The van der Waals surface area contributed by atoms with Crippen molar-refractivity contribution in [3.05, 3.63) is 11.1 Å². The quantitative estimate of drug-likeness (QED) is 0.522. The second-order valence-electron chi connectivity index (χ2n) is 6.25. The summed E-state index contributed by atoms with van der Waals surface area (Å²) in [6.45, 7) is 1.82. The molecule has 0 amide bonds. The first-order valence-corrected chi connectivity index (χ1v) is 9.17. The third kappa shape index (κ3) is 5.37. The molecule has 1 aromatic heterocycles. The summed E-state index contributed by atoms with van der Waals surface area (Å²) >= 11 is 1.52. The zero-order valence-corrected chi connectivity index (χ0v) is 15.8. The molecule has 0 spiro atoms. The van der Waals surface area contributed by atoms with Crippen LogP contribution in [0.25, 0.3) is 0 Å². The first-order chi connectivity index (χ1) is 12.9. The number of rotatable bonds is 3. The molecule has 0 radical (unpaired) electrons. The number of aromatic nitrogens is 1. The molecule has 1 aromatic rings. The van der Waals surface area contributed by atoms with Crippen molar-refractivity contribution in [2.75, 3.05) is 31.6 Å². The van der Waals surface area contributed by atoms with Crippen molar-refractivity contribution in [3.8, 4) is 0 Å². The first-order valence-electron chi connectivity index (χ1n) is 8.29. The minimum Gasteiger partial charge on any atom is -0.483 e. The molecule has 10 nitrogen and oxygen atoms in total. The second-order valence-corrected chi connectivity index (χ2v) is 7.08. The maximum absolute atomic E-state index is 11.9. The minimum atomic E-state index is -0.658. The second kappa shape index (κ2) is 10.8. The Hall–Kier alpha value is -2.24. The van der Waals surface area contributed by atoms with Crippen LogP contribution in [0.15, 0.2) is 5.38 Å². The number of thiazole rings is 1. The van der Waals surface area contributed by atoms with Crippen LogP contribution in [0.4, 0.5) is 5.13 Å². The number of carboxylic acid groups (broad SMARTS) is 3. The van der Waals surface area contributed by atoms with Crippen molar-refractivity contribution in [2.45, 2.75) is 31.9 Å². The van der Waals surface area contributed by atoms with Crippen LogP contribution < -0.4 is 4.90 Å². The summed E-state index contributed by atoms with van der Waals surface area (Å²) in [5.41, 5.74) is 0.0719. The van der Waals surface area contributed by atoms with Crippen molar-refractivity contribution in [3.63, 3.8) is 0 Å². The average Bonchev–Trinajstić information content (AvgIpc) is 3.12. The van der Waals surface area contributed by atoms with Gasteiger partial charge in [0.2, 0.25) is 0 Å². The van der Waals surface area contributed by atoms with Crippen LogP contribution in [-0.2, 0) is 21.0 Å². The van der Waals surface area contributed by atoms with Crippen LogP contribution in [0.1, 0.15) is 25.0 Å². The Morgan fingerprint density at radius 1 is 1.33 bits per heavy atom. The molecule has 2 atom stereocenters. The highest BCUT2D eigenvalue weighted by Crippen LogP contribution is 2.43. The number of fused-ring (bicyclic) bond motifs is 1. The predicted octanol–water partition coefficient (Wildman–Crippen LogP) is 0.412. The maximum atomic E-state index is 11.9. The van der Waals surface area contributed by atoms with E-state index < -0.39 is 11.4 Å². The fourth-order valence-corrected chi connectivity index (χ4v) is 4.53. The topological polar surface area (TPSA) is 152 Å². The largest absolute Gasteiger partial charge is 0.483 e. The van der Waals surface area contributed by atoms with E-state index >= 15 is 0 Å². The molecule has 2 saturated heterocycles. The van der Waals surface area contributed by atoms with Crippen LogP contribution in [0.2, 0.25) is 0 Å². The van der Waals surface area contributed by atoms with Gasteiger partial charge >= 0.3 is 5.97 Å². The fourth-order valence-electron chi connectivity index (χ4n) is 3.67. The summed E-state index contributed by atoms with van der Waals surface area (Å²) < 4.78 is 0. The molecular weight excluding hydrogens is 378 g/mol. The third-order valence-electron chi connectivity index (χ3n) is 4.92. The fraction of sp³-hybridized carbons (Fsp3) is 0.625. The van der Waals surface area contributed by atoms with Gasteiger partial charge in [-0.2, -0.15) is 0 Å². The van der Waals surface area contributed by atoms with Crippen molar-refractivity contribution in [2.24, 2.45) is 5.41 Å². The predicted molar refractivity (Wildman–Crippen MR) is 98.0 cm³/mol. The van der Waals surface area contributed by atoms with Crippen LogP contribution in [-0.4, -0.2) is 81.9 Å². The number of carbonyl (C=O) groups is 3. The zero-order valence-electron chi connectivity index (χ0n) is 15.0. The highest BCUT2D eigenvalue weighted by molar-refractivity contribution is 7.13. The number of aliphatic hydroxyl groups excluding tert-OH is 1. The van der Waals surface area contributed by atoms with E-state index in [1.54, 1.807) is 0 Å². The van der Waals surface area contributed by atoms with Gasteiger partial charge in [0.05, 0.1) is 17.7 Å². The Kier molecular flexibility index (Phi) is 9.12. The molecule has 2 fully saturated rings. The summed E-state index contributed by atoms with van der Waals surface area (Å²) in [4.78, 5) is 37.3. The molecule has 3 heterocycles. The van der Waals surface area contributed by atoms with E-state index in [2.05, 4.69) is 14.8 Å². The Labute approximate surface area is 160 Å². The number of anilines is 1. The average molecular weight is 403 g/mol. The number of nitrogens with zero attached hydrogens (tertiary/aromatic N) is 3. The minimum absolute atomic E-state index is 0.0268. The van der Waals surface area contributed by atoms with Gasteiger partial charge < -0.3 is 30.2 Å². The molecule has 2 aliphatic rings. The van der Waals surface area contributed by atoms with Crippen molar-refractivity contribution < 1.29 is 34.8 Å². The van der Waals surface area contributed by atoms with Gasteiger partial charge in [-0.3, -0.25) is 14.4 Å². The Morgan fingerprint density at radius 2 is 1.96 bits per heavy atom. The van der Waals surface area contributed by atoms with E-state index in [9.17, 15) is 9.90 Å². The van der Waals surface area contributed by atoms with E-state index in [1.807, 2.05) is 12.4 Å². The SMILES string of the molecule is CN1CCC[C@]2(C(=O)O)CCN(c3nc(CO)cs3)C[C@@H]12.O=CO.O=CO. The van der Waals surface area contributed by atoms with E-state index in [1.165, 1.54) is 11.3 Å². The van der Waals surface area contributed by atoms with Crippen LogP contribution >= 0.6 is 11.3 Å². The molecule has 3 rings (SSSR count). The highest BCUT2D eigenvalue weighted by Gasteiger charge is 2.52. The smallest absolute Gasteiger partial charge is 0.311 e. The number of likely N-dealkylation sites (tertiary alicyclic amines) is 1. The van der Waals surface area contributed by atoms with Crippen molar-refractivity contribution >= 4 is 35.4 Å². The lowest BCUT2D eigenvalue weighted by Crippen LogP contribution is -2.63. The third-order valence-corrected chi connectivity index (χ3v) is 5.87. The van der Waals surface area contributed by atoms with E-state index in [0.29, 0.717) is 18.7 Å². The van der Waals surface area contributed by atoms with Crippen LogP contribution in [0.5, 0.6) is 0 Å². The lowest BCUT2D eigenvalue weighted by Gasteiger charge is -2.51. The lowest BCUT2D eigenvalue weighted by molar-refractivity contribution is -0.158. The van der Waals surface area contributed by atoms with Crippen molar-refractivity contribution in [1.82, 2.24) is 9.88 Å². The zero-order chi connectivity index (χ0) is 20.4. The van der Waals surface area contributed by atoms with Crippen molar-refractivity contribution in [1.29, 1.82) is 0 Å². The summed E-state index contributed by atoms with van der Waals surface area (Å²) in [6.07, 6.45) is 2.38. The molecule has 2 aliphatic heterocycles. The maximum Gasteiger partial charge on any atom is 0.311 e. The number of hydrogen-bond donors (Lipinski definition) is 4.